The number of methoxy groups -OCH3 is 1. The van der Waals surface area contributed by atoms with Gasteiger partial charge in [0.15, 0.2) is 0 Å². The molecule has 1 atom stereocenters. The van der Waals surface area contributed by atoms with Crippen molar-refractivity contribution in [1.82, 2.24) is 0 Å². The van der Waals surface area contributed by atoms with E-state index in [0.29, 0.717) is 12.7 Å². The van der Waals surface area contributed by atoms with Gasteiger partial charge in [0, 0.05) is 13.2 Å². The van der Waals surface area contributed by atoms with Crippen molar-refractivity contribution in [2.45, 2.75) is 13.0 Å². The van der Waals surface area contributed by atoms with Gasteiger partial charge in [-0.2, -0.15) is 0 Å². The smallest absolute Gasteiger partial charge is 0.330 e. The Morgan fingerprint density at radius 3 is 2.54 bits per heavy atom. The largest absolute Gasteiger partial charge is 0.463 e. The summed E-state index contributed by atoms with van der Waals surface area (Å²) in [5.74, 6) is -0.359. The molecule has 0 aliphatic carbocycles. The maximum absolute atomic E-state index is 10.1. The van der Waals surface area contributed by atoms with Gasteiger partial charge in [0.1, 0.15) is 6.10 Å². The molecule has 4 nitrogen and oxygen atoms in total. The Hall–Kier alpha value is -0.870. The summed E-state index contributed by atoms with van der Waals surface area (Å²) in [6.07, 6.45) is 1.57. The van der Waals surface area contributed by atoms with Crippen molar-refractivity contribution in [3.8, 4) is 0 Å². The minimum absolute atomic E-state index is 0.359. The van der Waals surface area contributed by atoms with Gasteiger partial charge in [-0.15, -0.1) is 0 Å². The molecule has 0 N–H and O–H groups in total. The molecule has 1 unspecified atom stereocenters. The van der Waals surface area contributed by atoms with Gasteiger partial charge < -0.3 is 14.2 Å². The van der Waals surface area contributed by atoms with Crippen LogP contribution in [0.3, 0.4) is 0 Å². The molecule has 4 heteroatoms. The van der Waals surface area contributed by atoms with Gasteiger partial charge >= 0.3 is 5.97 Å². The SMILES string of the molecule is C=CC(=O)OCC.COCC1CO1. The summed E-state index contributed by atoms with van der Waals surface area (Å²) < 4.78 is 14.0. The van der Waals surface area contributed by atoms with Crippen molar-refractivity contribution in [3.63, 3.8) is 0 Å². The van der Waals surface area contributed by atoms with Crippen LogP contribution in [0.25, 0.3) is 0 Å². The molecule has 0 radical (unpaired) electrons. The first kappa shape index (κ1) is 12.1. The summed E-state index contributed by atoms with van der Waals surface area (Å²) in [5.41, 5.74) is 0. The van der Waals surface area contributed by atoms with Crippen LogP contribution in [0.2, 0.25) is 0 Å². The highest BCUT2D eigenvalue weighted by molar-refractivity contribution is 5.81. The summed E-state index contributed by atoms with van der Waals surface area (Å²) in [6.45, 7) is 7.04. The second kappa shape index (κ2) is 7.76. The maximum atomic E-state index is 10.1. The summed E-state index contributed by atoms with van der Waals surface area (Å²) in [7, 11) is 1.68. The van der Waals surface area contributed by atoms with Crippen LogP contribution in [0, 0.1) is 0 Å². The van der Waals surface area contributed by atoms with Crippen LogP contribution in [-0.2, 0) is 19.0 Å². The molecule has 1 fully saturated rings. The zero-order valence-corrected chi connectivity index (χ0v) is 8.12. The van der Waals surface area contributed by atoms with Crippen LogP contribution in [0.5, 0.6) is 0 Å². The second-order valence-electron chi connectivity index (χ2n) is 2.37. The minimum Gasteiger partial charge on any atom is -0.463 e. The number of ether oxygens (including phenoxy) is 3. The van der Waals surface area contributed by atoms with Crippen LogP contribution >= 0.6 is 0 Å². The van der Waals surface area contributed by atoms with Crippen molar-refractivity contribution in [3.05, 3.63) is 12.7 Å². The Morgan fingerprint density at radius 2 is 2.38 bits per heavy atom. The van der Waals surface area contributed by atoms with Crippen LogP contribution in [0.4, 0.5) is 0 Å². The van der Waals surface area contributed by atoms with Crippen LogP contribution in [0.1, 0.15) is 6.92 Å². The van der Waals surface area contributed by atoms with Gasteiger partial charge in [-0.05, 0) is 6.92 Å². The van der Waals surface area contributed by atoms with E-state index in [0.717, 1.165) is 19.3 Å². The third-order valence-corrected chi connectivity index (χ3v) is 1.21. The molecular formula is C9H16O4. The zero-order chi connectivity index (χ0) is 10.1. The van der Waals surface area contributed by atoms with Gasteiger partial charge in [0.25, 0.3) is 0 Å². The minimum atomic E-state index is -0.359. The van der Waals surface area contributed by atoms with Crippen molar-refractivity contribution < 1.29 is 19.0 Å². The number of carbonyl (C=O) groups is 1. The van der Waals surface area contributed by atoms with E-state index < -0.39 is 0 Å². The Morgan fingerprint density at radius 1 is 1.77 bits per heavy atom. The van der Waals surface area contributed by atoms with Crippen molar-refractivity contribution >= 4 is 5.97 Å². The molecule has 1 aliphatic rings. The number of hydrogen-bond donors (Lipinski definition) is 0. The van der Waals surface area contributed by atoms with E-state index in [1.165, 1.54) is 0 Å². The molecule has 76 valence electrons. The standard InChI is InChI=1S/C5H8O2.C4H8O2/c1-3-5(6)7-4-2;1-5-2-4-3-6-4/h3H,1,4H2,2H3;4H,2-3H2,1H3. The topological polar surface area (TPSA) is 48.1 Å². The molecule has 0 spiro atoms. The van der Waals surface area contributed by atoms with E-state index in [-0.39, 0.29) is 5.97 Å². The average Bonchev–Trinajstić information content (AvgIpc) is 2.91. The summed E-state index contributed by atoms with van der Waals surface area (Å²) >= 11 is 0. The van der Waals surface area contributed by atoms with Crippen LogP contribution in [-0.4, -0.2) is 39.0 Å². The lowest BCUT2D eigenvalue weighted by atomic mass is 10.5. The molecule has 0 amide bonds. The Bertz CT molecular complexity index is 152. The second-order valence-corrected chi connectivity index (χ2v) is 2.37. The lowest BCUT2D eigenvalue weighted by molar-refractivity contribution is -0.137. The van der Waals surface area contributed by atoms with E-state index in [4.69, 9.17) is 9.47 Å². The molecule has 1 heterocycles. The van der Waals surface area contributed by atoms with Gasteiger partial charge in [0.05, 0.1) is 19.8 Å². The highest BCUT2D eigenvalue weighted by Crippen LogP contribution is 2.06. The number of rotatable bonds is 4. The fourth-order valence-corrected chi connectivity index (χ4v) is 0.551. The molecule has 0 bridgehead atoms. The highest BCUT2D eigenvalue weighted by Gasteiger charge is 2.21. The first-order valence-electron chi connectivity index (χ1n) is 4.14. The molecule has 13 heavy (non-hydrogen) atoms. The monoisotopic (exact) mass is 188 g/mol. The van der Waals surface area contributed by atoms with E-state index >= 15 is 0 Å². The summed E-state index contributed by atoms with van der Waals surface area (Å²) in [6, 6.07) is 0. The molecule has 0 aromatic rings. The van der Waals surface area contributed by atoms with Gasteiger partial charge in [0.2, 0.25) is 0 Å². The molecule has 0 aromatic carbocycles. The van der Waals surface area contributed by atoms with E-state index in [1.807, 2.05) is 0 Å². The van der Waals surface area contributed by atoms with E-state index in [2.05, 4.69) is 11.3 Å². The number of esters is 1. The van der Waals surface area contributed by atoms with Crippen molar-refractivity contribution in [1.29, 1.82) is 0 Å². The summed E-state index contributed by atoms with van der Waals surface area (Å²) in [5, 5.41) is 0. The fraction of sp³-hybridized carbons (Fsp3) is 0.667. The highest BCUT2D eigenvalue weighted by atomic mass is 16.6. The fourth-order valence-electron chi connectivity index (χ4n) is 0.551. The third kappa shape index (κ3) is 9.04. The zero-order valence-electron chi connectivity index (χ0n) is 8.12. The number of epoxide rings is 1. The van der Waals surface area contributed by atoms with Crippen LogP contribution in [0.15, 0.2) is 12.7 Å². The molecule has 0 saturated carbocycles. The quantitative estimate of drug-likeness (QED) is 0.371. The van der Waals surface area contributed by atoms with E-state index in [9.17, 15) is 4.79 Å². The molecule has 1 saturated heterocycles. The predicted molar refractivity (Wildman–Crippen MR) is 48.4 cm³/mol. The van der Waals surface area contributed by atoms with Crippen molar-refractivity contribution in [2.24, 2.45) is 0 Å². The predicted octanol–water partition coefficient (Wildman–Crippen LogP) is 0.767. The number of hydrogen-bond acceptors (Lipinski definition) is 4. The number of carbonyl (C=O) groups excluding carboxylic acids is 1. The normalized spacial score (nSPS) is 18.2. The van der Waals surface area contributed by atoms with E-state index in [1.54, 1.807) is 14.0 Å². The van der Waals surface area contributed by atoms with Crippen LogP contribution < -0.4 is 0 Å². The summed E-state index contributed by atoms with van der Waals surface area (Å²) in [4.78, 5) is 10.1. The Labute approximate surface area is 78.5 Å². The Balaban J connectivity index is 0.000000223. The van der Waals surface area contributed by atoms with Gasteiger partial charge in [-0.25, -0.2) is 4.79 Å². The van der Waals surface area contributed by atoms with Crippen molar-refractivity contribution in [2.75, 3.05) is 26.9 Å². The average molecular weight is 188 g/mol. The maximum Gasteiger partial charge on any atom is 0.330 e. The van der Waals surface area contributed by atoms with Gasteiger partial charge in [-0.1, -0.05) is 6.58 Å². The molecule has 1 rings (SSSR count). The third-order valence-electron chi connectivity index (χ3n) is 1.21. The molecule has 0 aromatic heterocycles. The molecular weight excluding hydrogens is 172 g/mol. The Kier molecular flexibility index (Phi) is 7.24. The lowest BCUT2D eigenvalue weighted by Gasteiger charge is -1.90. The lowest BCUT2D eigenvalue weighted by Crippen LogP contribution is -1.97. The molecule has 1 aliphatic heterocycles. The van der Waals surface area contributed by atoms with Gasteiger partial charge in [-0.3, -0.25) is 0 Å². The first-order valence-corrected chi connectivity index (χ1v) is 4.14. The first-order chi connectivity index (χ1) is 6.24.